The average molecular weight is 274 g/mol. The Morgan fingerprint density at radius 2 is 2.32 bits per heavy atom. The van der Waals surface area contributed by atoms with E-state index in [9.17, 15) is 14.0 Å². The molecule has 0 spiro atoms. The number of esters is 2. The molecule has 0 N–H and O–H groups in total. The lowest BCUT2D eigenvalue weighted by Gasteiger charge is -2.34. The lowest BCUT2D eigenvalue weighted by atomic mass is 9.94. The second-order valence-electron chi connectivity index (χ2n) is 4.64. The summed E-state index contributed by atoms with van der Waals surface area (Å²) in [6, 6.07) is 0. The van der Waals surface area contributed by atoms with Crippen LogP contribution >= 0.6 is 0 Å². The molecule has 0 radical (unpaired) electrons. The van der Waals surface area contributed by atoms with Gasteiger partial charge in [-0.05, 0) is 13.3 Å². The van der Waals surface area contributed by atoms with E-state index >= 15 is 0 Å². The zero-order valence-corrected chi connectivity index (χ0v) is 11.2. The Hall–Kier alpha value is -1.43. The highest BCUT2D eigenvalue weighted by Gasteiger charge is 2.47. The molecule has 2 unspecified atom stereocenters. The minimum Gasteiger partial charge on any atom is -0.463 e. The molecule has 0 amide bonds. The van der Waals surface area contributed by atoms with Gasteiger partial charge in [-0.25, -0.2) is 14.0 Å². The Bertz CT molecular complexity index is 368. The van der Waals surface area contributed by atoms with E-state index < -0.39 is 23.7 Å². The molecule has 0 aromatic carbocycles. The molecule has 5 nitrogen and oxygen atoms in total. The van der Waals surface area contributed by atoms with Gasteiger partial charge in [0.25, 0.3) is 0 Å². The van der Waals surface area contributed by atoms with Gasteiger partial charge in [0, 0.05) is 13.0 Å². The summed E-state index contributed by atoms with van der Waals surface area (Å²) in [5, 5.41) is 0. The van der Waals surface area contributed by atoms with Crippen LogP contribution in [0, 0.1) is 0 Å². The predicted octanol–water partition coefficient (Wildman–Crippen LogP) is 1.56. The van der Waals surface area contributed by atoms with E-state index in [1.807, 2.05) is 6.92 Å². The van der Waals surface area contributed by atoms with Crippen molar-refractivity contribution < 1.29 is 28.2 Å². The van der Waals surface area contributed by atoms with Crippen molar-refractivity contribution >= 4 is 11.9 Å². The molecular formula is C13H19FO5. The molecule has 1 heterocycles. The first kappa shape index (κ1) is 15.6. The second-order valence-corrected chi connectivity index (χ2v) is 4.64. The van der Waals surface area contributed by atoms with Gasteiger partial charge in [0.05, 0.1) is 18.8 Å². The van der Waals surface area contributed by atoms with Crippen LogP contribution in [0.25, 0.3) is 0 Å². The van der Waals surface area contributed by atoms with Crippen LogP contribution in [0.4, 0.5) is 4.39 Å². The van der Waals surface area contributed by atoms with Crippen LogP contribution in [0.5, 0.6) is 0 Å². The summed E-state index contributed by atoms with van der Waals surface area (Å²) in [4.78, 5) is 22.9. The molecule has 1 aliphatic rings. The van der Waals surface area contributed by atoms with Crippen molar-refractivity contribution in [2.75, 3.05) is 19.8 Å². The molecule has 108 valence electrons. The Balaban J connectivity index is 2.54. The van der Waals surface area contributed by atoms with Crippen molar-refractivity contribution in [3.63, 3.8) is 0 Å². The van der Waals surface area contributed by atoms with Gasteiger partial charge in [0.2, 0.25) is 6.17 Å². The van der Waals surface area contributed by atoms with E-state index in [1.165, 1.54) is 6.92 Å². The van der Waals surface area contributed by atoms with Crippen LogP contribution in [-0.4, -0.2) is 43.5 Å². The Labute approximate surface area is 111 Å². The summed E-state index contributed by atoms with van der Waals surface area (Å²) in [5.74, 6) is -1.76. The number of ether oxygens (including phenoxy) is 3. The maximum Gasteiger partial charge on any atom is 0.344 e. The van der Waals surface area contributed by atoms with Gasteiger partial charge in [-0.15, -0.1) is 0 Å². The van der Waals surface area contributed by atoms with Crippen molar-refractivity contribution in [1.82, 2.24) is 0 Å². The van der Waals surface area contributed by atoms with Crippen LogP contribution in [0.1, 0.15) is 26.7 Å². The zero-order chi connectivity index (χ0) is 14.5. The van der Waals surface area contributed by atoms with Crippen molar-refractivity contribution in [3.8, 4) is 0 Å². The normalized spacial score (nSPS) is 26.7. The van der Waals surface area contributed by atoms with Crippen LogP contribution in [-0.2, 0) is 23.8 Å². The highest BCUT2D eigenvalue weighted by Crippen LogP contribution is 2.29. The van der Waals surface area contributed by atoms with Gasteiger partial charge in [0.15, 0.2) is 5.60 Å². The first-order valence-electron chi connectivity index (χ1n) is 6.20. The van der Waals surface area contributed by atoms with Gasteiger partial charge in [0.1, 0.15) is 0 Å². The van der Waals surface area contributed by atoms with E-state index in [-0.39, 0.29) is 25.2 Å². The third-order valence-corrected chi connectivity index (χ3v) is 2.83. The first-order chi connectivity index (χ1) is 8.90. The third-order valence-electron chi connectivity index (χ3n) is 2.83. The monoisotopic (exact) mass is 274 g/mol. The molecule has 0 aromatic heterocycles. The summed E-state index contributed by atoms with van der Waals surface area (Å²) in [7, 11) is 0. The van der Waals surface area contributed by atoms with Gasteiger partial charge >= 0.3 is 11.9 Å². The van der Waals surface area contributed by atoms with E-state index in [0.717, 1.165) is 6.42 Å². The van der Waals surface area contributed by atoms with Crippen molar-refractivity contribution in [3.05, 3.63) is 12.2 Å². The smallest absolute Gasteiger partial charge is 0.344 e. The maximum atomic E-state index is 13.7. The number of rotatable bonds is 6. The Morgan fingerprint density at radius 1 is 1.63 bits per heavy atom. The van der Waals surface area contributed by atoms with Crippen LogP contribution in [0.15, 0.2) is 12.2 Å². The number of halogens is 1. The number of cyclic esters (lactones) is 1. The molecule has 19 heavy (non-hydrogen) atoms. The van der Waals surface area contributed by atoms with Crippen molar-refractivity contribution in [1.29, 1.82) is 0 Å². The Kier molecular flexibility index (Phi) is 5.47. The second kappa shape index (κ2) is 6.65. The van der Waals surface area contributed by atoms with E-state index in [4.69, 9.17) is 9.47 Å². The third kappa shape index (κ3) is 4.02. The quantitative estimate of drug-likeness (QED) is 0.418. The molecule has 1 rings (SSSR count). The average Bonchev–Trinajstić information content (AvgIpc) is 2.36. The molecule has 6 heteroatoms. The Morgan fingerprint density at radius 3 is 2.95 bits per heavy atom. The van der Waals surface area contributed by atoms with Crippen LogP contribution in [0.3, 0.4) is 0 Å². The SMILES string of the molecule is C=C(COCCC)C(=O)OC1(C)CCOC(=O)C1F. The summed E-state index contributed by atoms with van der Waals surface area (Å²) in [5.41, 5.74) is -1.40. The molecule has 0 bridgehead atoms. The molecular weight excluding hydrogens is 255 g/mol. The van der Waals surface area contributed by atoms with Crippen LogP contribution in [0.2, 0.25) is 0 Å². The topological polar surface area (TPSA) is 61.8 Å². The summed E-state index contributed by atoms with van der Waals surface area (Å²) >= 11 is 0. The first-order valence-corrected chi connectivity index (χ1v) is 6.20. The van der Waals surface area contributed by atoms with Crippen LogP contribution < -0.4 is 0 Å². The zero-order valence-electron chi connectivity index (χ0n) is 11.2. The fourth-order valence-corrected chi connectivity index (χ4v) is 1.59. The van der Waals surface area contributed by atoms with Crippen molar-refractivity contribution in [2.45, 2.75) is 38.5 Å². The van der Waals surface area contributed by atoms with Gasteiger partial charge in [-0.2, -0.15) is 0 Å². The van der Waals surface area contributed by atoms with E-state index in [2.05, 4.69) is 11.3 Å². The molecule has 0 aliphatic carbocycles. The fraction of sp³-hybridized carbons (Fsp3) is 0.692. The lowest BCUT2D eigenvalue weighted by molar-refractivity contribution is -0.187. The number of hydrogen-bond donors (Lipinski definition) is 0. The minimum absolute atomic E-state index is 0.0296. The van der Waals surface area contributed by atoms with Gasteiger partial charge in [-0.1, -0.05) is 13.5 Å². The minimum atomic E-state index is -1.98. The highest BCUT2D eigenvalue weighted by molar-refractivity contribution is 5.89. The summed E-state index contributed by atoms with van der Waals surface area (Å²) in [6.07, 6.45) is -1.04. The lowest BCUT2D eigenvalue weighted by Crippen LogP contribution is -2.51. The number of alkyl halides is 1. The maximum absolute atomic E-state index is 13.7. The fourth-order valence-electron chi connectivity index (χ4n) is 1.59. The number of carbonyl (C=O) groups is 2. The molecule has 1 fully saturated rings. The molecule has 0 saturated carbocycles. The predicted molar refractivity (Wildman–Crippen MR) is 65.2 cm³/mol. The molecule has 2 atom stereocenters. The van der Waals surface area contributed by atoms with E-state index in [1.54, 1.807) is 0 Å². The largest absolute Gasteiger partial charge is 0.463 e. The summed E-state index contributed by atoms with van der Waals surface area (Å²) < 4.78 is 28.5. The number of carbonyl (C=O) groups excluding carboxylic acids is 2. The van der Waals surface area contributed by atoms with Gasteiger partial charge in [-0.3, -0.25) is 0 Å². The standard InChI is InChI=1S/C13H19FO5/c1-4-6-17-8-9(2)11(15)19-13(3)5-7-18-12(16)10(13)14/h10H,2,4-8H2,1,3H3. The molecule has 1 saturated heterocycles. The summed E-state index contributed by atoms with van der Waals surface area (Å²) in [6.45, 7) is 7.40. The van der Waals surface area contributed by atoms with Gasteiger partial charge < -0.3 is 14.2 Å². The molecule has 1 aliphatic heterocycles. The van der Waals surface area contributed by atoms with Crippen molar-refractivity contribution in [2.24, 2.45) is 0 Å². The highest BCUT2D eigenvalue weighted by atomic mass is 19.1. The molecule has 0 aromatic rings. The number of hydrogen-bond acceptors (Lipinski definition) is 5. The van der Waals surface area contributed by atoms with E-state index in [0.29, 0.717) is 6.61 Å².